The first-order chi connectivity index (χ1) is 16.3. The van der Waals surface area contributed by atoms with E-state index >= 15 is 0 Å². The molecule has 3 nitrogen and oxygen atoms in total. The summed E-state index contributed by atoms with van der Waals surface area (Å²) in [5.74, 6) is 0.798. The van der Waals surface area contributed by atoms with Crippen molar-refractivity contribution >= 4 is 31.7 Å². The maximum atomic E-state index is 7.98. The first-order valence-corrected chi connectivity index (χ1v) is 15.5. The van der Waals surface area contributed by atoms with Crippen LogP contribution in [0.2, 0.25) is 0 Å². The van der Waals surface area contributed by atoms with Gasteiger partial charge in [0.25, 0.3) is 0 Å². The molecule has 160 valence electrons. The second kappa shape index (κ2) is 9.67. The third-order valence-corrected chi connectivity index (χ3v) is 14.6. The van der Waals surface area contributed by atoms with Crippen LogP contribution in [-0.4, -0.2) is 31.7 Å². The van der Waals surface area contributed by atoms with Crippen LogP contribution in [0.1, 0.15) is 1.37 Å². The summed E-state index contributed by atoms with van der Waals surface area (Å²) in [6, 6.07) is 35.7. The molecular weight excluding hydrogens is 784 g/mol. The largest absolute Gasteiger partial charge is 2.00 e. The predicted molar refractivity (Wildman–Crippen MR) is 128 cm³/mol. The van der Waals surface area contributed by atoms with E-state index in [1.807, 2.05) is 30.5 Å². The van der Waals surface area contributed by atoms with Gasteiger partial charge in [-0.15, -0.1) is 0 Å². The van der Waals surface area contributed by atoms with Crippen molar-refractivity contribution in [1.82, 2.24) is 9.97 Å². The molecule has 33 heavy (non-hydrogen) atoms. The number of fused-ring (bicyclic) bond motifs is 3. The number of nitrogens with zero attached hydrogens (tertiary/aromatic N) is 2. The van der Waals surface area contributed by atoms with Gasteiger partial charge in [0.05, 0.1) is 0 Å². The molecule has 0 radical (unpaired) electrons. The fourth-order valence-corrected chi connectivity index (χ4v) is 13.5. The molecule has 0 fully saturated rings. The summed E-state index contributed by atoms with van der Waals surface area (Å²) in [6.07, 6.45) is 3.51. The van der Waals surface area contributed by atoms with E-state index in [-0.39, 0.29) is 33.0 Å². The molecule has 3 heterocycles. The zero-order valence-electron chi connectivity index (χ0n) is 18.3. The van der Waals surface area contributed by atoms with Crippen LogP contribution in [0.5, 0.6) is 11.6 Å². The summed E-state index contributed by atoms with van der Waals surface area (Å²) < 4.78 is 17.8. The third-order valence-electron chi connectivity index (χ3n) is 5.31. The molecule has 0 aliphatic carbocycles. The molecule has 0 unspecified atom stereocenters. The van der Waals surface area contributed by atoms with Crippen molar-refractivity contribution in [1.29, 1.82) is 0 Å². The molecule has 0 saturated heterocycles. The summed E-state index contributed by atoms with van der Waals surface area (Å²) in [5, 5.41) is 0. The van der Waals surface area contributed by atoms with Gasteiger partial charge in [0, 0.05) is 0 Å². The molecule has 0 N–H and O–H groups in total. The summed E-state index contributed by atoms with van der Waals surface area (Å²) >= 11 is -2.52. The Bertz CT molecular complexity index is 1480. The number of ether oxygens (including phenoxy) is 1. The Balaban J connectivity index is 0.00000241. The first kappa shape index (κ1) is 20.9. The van der Waals surface area contributed by atoms with Crippen molar-refractivity contribution in [2.24, 2.45) is 0 Å². The molecule has 0 bridgehead atoms. The van der Waals surface area contributed by atoms with Gasteiger partial charge in [-0.3, -0.25) is 0 Å². The minimum Gasteiger partial charge on any atom is 2.00 e. The van der Waals surface area contributed by atoms with E-state index in [2.05, 4.69) is 65.6 Å². The Labute approximate surface area is 216 Å². The van der Waals surface area contributed by atoms with Gasteiger partial charge in [-0.25, -0.2) is 0 Å². The third kappa shape index (κ3) is 4.31. The maximum absolute atomic E-state index is 7.98. The standard InChI is InChI=1S/C23H13NO.C5H4N.Bi.Pt/c1-2-7-18(8-3-1)19-12-14-20(15-13-19)21-9-6-10-22(17-21)25-23-11-4-5-16-24-23;1-2-4-6-5-3-1;;/h1-7,9-12,14,16H;1-4H;;/q-2;;;+2/i11D;;;. The van der Waals surface area contributed by atoms with Crippen LogP contribution >= 0.6 is 0 Å². The molecule has 0 amide bonds. The Morgan fingerprint density at radius 1 is 0.727 bits per heavy atom. The van der Waals surface area contributed by atoms with Gasteiger partial charge in [0.1, 0.15) is 0 Å². The van der Waals surface area contributed by atoms with Crippen molar-refractivity contribution in [2.45, 2.75) is 0 Å². The second-order valence-electron chi connectivity index (χ2n) is 7.29. The van der Waals surface area contributed by atoms with E-state index in [1.165, 1.54) is 21.1 Å². The number of hydrogen-bond acceptors (Lipinski definition) is 3. The van der Waals surface area contributed by atoms with Crippen LogP contribution in [0.25, 0.3) is 22.3 Å². The molecule has 5 aromatic rings. The average Bonchev–Trinajstić information content (AvgIpc) is 3.20. The second-order valence-corrected chi connectivity index (χ2v) is 15.3. The van der Waals surface area contributed by atoms with Crippen molar-refractivity contribution in [3.05, 3.63) is 115 Å². The predicted octanol–water partition coefficient (Wildman–Crippen LogP) is 4.03. The van der Waals surface area contributed by atoms with Crippen molar-refractivity contribution in [2.75, 3.05) is 0 Å². The van der Waals surface area contributed by atoms with E-state index in [0.29, 0.717) is 5.75 Å². The van der Waals surface area contributed by atoms with E-state index < -0.39 is 21.8 Å². The van der Waals surface area contributed by atoms with Gasteiger partial charge < -0.3 is 0 Å². The van der Waals surface area contributed by atoms with Crippen molar-refractivity contribution < 1.29 is 27.2 Å². The Hall–Kier alpha value is -2.67. The molecule has 1 aliphatic rings. The summed E-state index contributed by atoms with van der Waals surface area (Å²) in [4.78, 5) is 8.90. The number of pyridine rings is 2. The minimum absolute atomic E-state index is 0. The van der Waals surface area contributed by atoms with E-state index in [0.717, 1.165) is 11.1 Å². The van der Waals surface area contributed by atoms with E-state index in [1.54, 1.807) is 18.3 Å². The minimum atomic E-state index is -2.52. The summed E-state index contributed by atoms with van der Waals surface area (Å²) in [6.45, 7) is 0. The van der Waals surface area contributed by atoms with Gasteiger partial charge in [-0.2, -0.15) is 0 Å². The Morgan fingerprint density at radius 2 is 1.55 bits per heavy atom. The monoisotopic (exact) mass is 802 g/mol. The van der Waals surface area contributed by atoms with Crippen LogP contribution in [0.4, 0.5) is 0 Å². The molecular formula is C28H17BiN2OPt. The zero-order valence-corrected chi connectivity index (χ0v) is 23.1. The molecule has 0 saturated carbocycles. The van der Waals surface area contributed by atoms with Gasteiger partial charge in [0.2, 0.25) is 0 Å². The number of hydrogen-bond donors (Lipinski definition) is 0. The fraction of sp³-hybridized carbons (Fsp3) is 0. The van der Waals surface area contributed by atoms with Gasteiger partial charge >= 0.3 is 218 Å². The fourth-order valence-electron chi connectivity index (χ4n) is 3.91. The normalized spacial score (nSPS) is 12.3. The Kier molecular flexibility index (Phi) is 6.13. The van der Waals surface area contributed by atoms with Crippen LogP contribution in [0, 0.1) is 12.1 Å². The van der Waals surface area contributed by atoms with E-state index in [4.69, 9.17) is 11.1 Å². The van der Waals surface area contributed by atoms with Crippen LogP contribution < -0.4 is 14.7 Å². The van der Waals surface area contributed by atoms with Gasteiger partial charge in [-0.05, 0) is 0 Å². The summed E-state index contributed by atoms with van der Waals surface area (Å²) in [5.41, 5.74) is 4.48. The molecule has 3 aromatic carbocycles. The number of rotatable bonds is 4. The maximum Gasteiger partial charge on any atom is 2.00 e. The average molecular weight is 803 g/mol. The summed E-state index contributed by atoms with van der Waals surface area (Å²) in [7, 11) is 0. The number of benzene rings is 3. The molecule has 1 aliphatic heterocycles. The smallest absolute Gasteiger partial charge is 2.00 e. The zero-order chi connectivity index (χ0) is 22.2. The first-order valence-electron chi connectivity index (χ1n) is 10.8. The van der Waals surface area contributed by atoms with E-state index in [9.17, 15) is 0 Å². The quantitative estimate of drug-likeness (QED) is 0.200. The molecule has 0 atom stereocenters. The Morgan fingerprint density at radius 3 is 2.42 bits per heavy atom. The van der Waals surface area contributed by atoms with Crippen LogP contribution in [-0.2, 0) is 21.1 Å². The van der Waals surface area contributed by atoms with Crippen molar-refractivity contribution in [3.8, 4) is 33.9 Å². The topological polar surface area (TPSA) is 35.0 Å². The number of aromatic nitrogens is 2. The molecule has 6 rings (SSSR count). The molecule has 0 spiro atoms. The van der Waals surface area contributed by atoms with Crippen LogP contribution in [0.3, 0.4) is 0 Å². The van der Waals surface area contributed by atoms with Gasteiger partial charge in [0.15, 0.2) is 0 Å². The SMILES string of the molecule is [2H]c1cccnc1Oc1[c-]c(-c2[c-][c]3c(cc2)-c2cccc[c]2[Bi]3[c]2ccccn2)ccc1.[Pt+2]. The van der Waals surface area contributed by atoms with Crippen molar-refractivity contribution in [3.63, 3.8) is 0 Å². The van der Waals surface area contributed by atoms with Gasteiger partial charge in [-0.1, -0.05) is 0 Å². The molecule has 5 heteroatoms. The molecule has 2 aromatic heterocycles. The van der Waals surface area contributed by atoms with Crippen LogP contribution in [0.15, 0.2) is 103 Å².